The van der Waals surface area contributed by atoms with Crippen molar-refractivity contribution in [2.75, 3.05) is 6.54 Å². The molecule has 0 saturated carbocycles. The third-order valence-corrected chi connectivity index (χ3v) is 3.32. The van der Waals surface area contributed by atoms with Crippen molar-refractivity contribution in [1.29, 1.82) is 0 Å². The van der Waals surface area contributed by atoms with Crippen LogP contribution in [0.5, 0.6) is 0 Å². The number of hydrogen-bond acceptors (Lipinski definition) is 2. The molecule has 0 aliphatic carbocycles. The van der Waals surface area contributed by atoms with E-state index in [-0.39, 0.29) is 16.5 Å². The van der Waals surface area contributed by atoms with Crippen molar-refractivity contribution < 1.29 is 14.7 Å². The molecule has 2 aromatic carbocycles. The molecule has 2 rings (SSSR count). The van der Waals surface area contributed by atoms with Gasteiger partial charge in [-0.15, -0.1) is 0 Å². The van der Waals surface area contributed by atoms with Crippen molar-refractivity contribution in [3.63, 3.8) is 0 Å². The van der Waals surface area contributed by atoms with Gasteiger partial charge in [-0.25, -0.2) is 4.79 Å². The first kappa shape index (κ1) is 15.1. The molecule has 0 bridgehead atoms. The summed E-state index contributed by atoms with van der Waals surface area (Å²) >= 11 is 5.97. The minimum absolute atomic E-state index is 0.0345. The molecule has 0 fully saturated rings. The predicted molar refractivity (Wildman–Crippen MR) is 81.9 cm³/mol. The third kappa shape index (κ3) is 3.23. The lowest BCUT2D eigenvalue weighted by atomic mass is 9.98. The minimum atomic E-state index is -1.10. The van der Waals surface area contributed by atoms with Gasteiger partial charge in [0, 0.05) is 12.1 Å². The molecule has 0 saturated heterocycles. The molecule has 4 nitrogen and oxygen atoms in total. The Morgan fingerprint density at radius 2 is 1.90 bits per heavy atom. The maximum Gasteiger partial charge on any atom is 0.337 e. The Kier molecular flexibility index (Phi) is 4.60. The number of nitrogens with one attached hydrogen (secondary N) is 1. The molecule has 0 heterocycles. The van der Waals surface area contributed by atoms with E-state index in [4.69, 9.17) is 11.6 Å². The third-order valence-electron chi connectivity index (χ3n) is 3.00. The SMILES string of the molecule is CCNC(=O)c1cccc(-c2cccc(Cl)c2C(=O)O)c1. The lowest BCUT2D eigenvalue weighted by Crippen LogP contribution is -2.22. The zero-order valence-corrected chi connectivity index (χ0v) is 12.1. The van der Waals surface area contributed by atoms with Crippen LogP contribution in [-0.4, -0.2) is 23.5 Å². The highest BCUT2D eigenvalue weighted by Crippen LogP contribution is 2.29. The van der Waals surface area contributed by atoms with E-state index >= 15 is 0 Å². The summed E-state index contributed by atoms with van der Waals surface area (Å²) in [6.07, 6.45) is 0. The molecule has 5 heteroatoms. The van der Waals surface area contributed by atoms with Gasteiger partial charge in [-0.2, -0.15) is 0 Å². The number of rotatable bonds is 4. The summed E-state index contributed by atoms with van der Waals surface area (Å²) in [5.41, 5.74) is 1.64. The molecule has 0 radical (unpaired) electrons. The molecule has 108 valence electrons. The fourth-order valence-corrected chi connectivity index (χ4v) is 2.33. The molecule has 0 aliphatic rings. The summed E-state index contributed by atoms with van der Waals surface area (Å²) < 4.78 is 0. The number of carboxylic acid groups (broad SMARTS) is 1. The lowest BCUT2D eigenvalue weighted by molar-refractivity contribution is 0.0697. The van der Waals surface area contributed by atoms with E-state index in [1.54, 1.807) is 36.4 Å². The van der Waals surface area contributed by atoms with Gasteiger partial charge >= 0.3 is 5.97 Å². The molecule has 21 heavy (non-hydrogen) atoms. The average molecular weight is 304 g/mol. The summed E-state index contributed by atoms with van der Waals surface area (Å²) in [6.45, 7) is 2.36. The highest BCUT2D eigenvalue weighted by molar-refractivity contribution is 6.34. The van der Waals surface area contributed by atoms with Gasteiger partial charge in [0.25, 0.3) is 5.91 Å². The van der Waals surface area contributed by atoms with Crippen LogP contribution in [0.4, 0.5) is 0 Å². The van der Waals surface area contributed by atoms with Crippen LogP contribution in [0.2, 0.25) is 5.02 Å². The quantitative estimate of drug-likeness (QED) is 0.909. The molecule has 2 aromatic rings. The molecular weight excluding hydrogens is 290 g/mol. The summed E-state index contributed by atoms with van der Waals surface area (Å²) in [6, 6.07) is 11.7. The Morgan fingerprint density at radius 1 is 1.19 bits per heavy atom. The zero-order chi connectivity index (χ0) is 15.4. The van der Waals surface area contributed by atoms with Crippen LogP contribution in [0.1, 0.15) is 27.6 Å². The maximum atomic E-state index is 11.9. The number of aromatic carboxylic acids is 1. The van der Waals surface area contributed by atoms with Gasteiger partial charge in [-0.1, -0.05) is 35.9 Å². The van der Waals surface area contributed by atoms with Crippen LogP contribution in [0.25, 0.3) is 11.1 Å². The summed E-state index contributed by atoms with van der Waals surface area (Å²) in [5.74, 6) is -1.29. The van der Waals surface area contributed by atoms with Gasteiger partial charge < -0.3 is 10.4 Å². The Morgan fingerprint density at radius 3 is 2.57 bits per heavy atom. The molecule has 0 atom stereocenters. The van der Waals surface area contributed by atoms with Gasteiger partial charge in [-0.05, 0) is 36.2 Å². The van der Waals surface area contributed by atoms with E-state index in [2.05, 4.69) is 5.32 Å². The van der Waals surface area contributed by atoms with Crippen LogP contribution >= 0.6 is 11.6 Å². The normalized spacial score (nSPS) is 10.2. The summed E-state index contributed by atoms with van der Waals surface area (Å²) in [5, 5.41) is 12.2. The highest BCUT2D eigenvalue weighted by atomic mass is 35.5. The summed E-state index contributed by atoms with van der Waals surface area (Å²) in [4.78, 5) is 23.2. The number of benzene rings is 2. The first-order chi connectivity index (χ1) is 10.0. The monoisotopic (exact) mass is 303 g/mol. The second-order valence-corrected chi connectivity index (χ2v) is 4.82. The van der Waals surface area contributed by atoms with Crippen molar-refractivity contribution in [2.45, 2.75) is 6.92 Å². The number of carboxylic acids is 1. The first-order valence-electron chi connectivity index (χ1n) is 6.45. The average Bonchev–Trinajstić information content (AvgIpc) is 2.47. The number of halogens is 1. The van der Waals surface area contributed by atoms with Crippen LogP contribution < -0.4 is 5.32 Å². The van der Waals surface area contributed by atoms with Crippen molar-refractivity contribution >= 4 is 23.5 Å². The van der Waals surface area contributed by atoms with Gasteiger partial charge in [0.1, 0.15) is 0 Å². The Labute approximate surface area is 127 Å². The van der Waals surface area contributed by atoms with E-state index < -0.39 is 5.97 Å². The number of carbonyl (C=O) groups is 2. The minimum Gasteiger partial charge on any atom is -0.478 e. The molecule has 0 unspecified atom stereocenters. The van der Waals surface area contributed by atoms with Crippen molar-refractivity contribution in [3.8, 4) is 11.1 Å². The maximum absolute atomic E-state index is 11.9. The smallest absolute Gasteiger partial charge is 0.337 e. The Hall–Kier alpha value is -2.33. The molecule has 1 amide bonds. The summed E-state index contributed by atoms with van der Waals surface area (Å²) in [7, 11) is 0. The van der Waals surface area contributed by atoms with Crippen molar-refractivity contribution in [1.82, 2.24) is 5.32 Å². The zero-order valence-electron chi connectivity index (χ0n) is 11.4. The van der Waals surface area contributed by atoms with E-state index in [9.17, 15) is 14.7 Å². The highest BCUT2D eigenvalue weighted by Gasteiger charge is 2.16. The number of amides is 1. The standard InChI is InChI=1S/C16H14ClNO3/c1-2-18-15(19)11-6-3-5-10(9-11)12-7-4-8-13(17)14(12)16(20)21/h3-9H,2H2,1H3,(H,18,19)(H,20,21). The first-order valence-corrected chi connectivity index (χ1v) is 6.82. The van der Waals surface area contributed by atoms with Crippen LogP contribution in [0.15, 0.2) is 42.5 Å². The predicted octanol–water partition coefficient (Wildman–Crippen LogP) is 3.45. The molecule has 0 aromatic heterocycles. The number of carbonyl (C=O) groups excluding carboxylic acids is 1. The molecule has 0 spiro atoms. The van der Waals surface area contributed by atoms with Gasteiger partial charge in [0.05, 0.1) is 10.6 Å². The molecular formula is C16H14ClNO3. The Bertz CT molecular complexity index is 698. The fraction of sp³-hybridized carbons (Fsp3) is 0.125. The van der Waals surface area contributed by atoms with Gasteiger partial charge in [0.15, 0.2) is 0 Å². The van der Waals surface area contributed by atoms with Gasteiger partial charge in [0.2, 0.25) is 0 Å². The topological polar surface area (TPSA) is 66.4 Å². The number of hydrogen-bond donors (Lipinski definition) is 2. The van der Waals surface area contributed by atoms with Crippen molar-refractivity contribution in [3.05, 3.63) is 58.6 Å². The van der Waals surface area contributed by atoms with Crippen molar-refractivity contribution in [2.24, 2.45) is 0 Å². The van der Waals surface area contributed by atoms with Gasteiger partial charge in [-0.3, -0.25) is 4.79 Å². The molecule has 2 N–H and O–H groups in total. The largest absolute Gasteiger partial charge is 0.478 e. The van der Waals surface area contributed by atoms with E-state index in [1.165, 1.54) is 6.07 Å². The lowest BCUT2D eigenvalue weighted by Gasteiger charge is -2.09. The van der Waals surface area contributed by atoms with Crippen LogP contribution in [0.3, 0.4) is 0 Å². The van der Waals surface area contributed by atoms with E-state index in [1.807, 2.05) is 6.92 Å². The second-order valence-electron chi connectivity index (χ2n) is 4.41. The van der Waals surface area contributed by atoms with E-state index in [0.717, 1.165) is 0 Å². The molecule has 0 aliphatic heterocycles. The fourth-order valence-electron chi connectivity index (χ4n) is 2.07. The second kappa shape index (κ2) is 6.41. The Balaban J connectivity index is 2.53. The van der Waals surface area contributed by atoms with Crippen LogP contribution in [0, 0.1) is 0 Å². The van der Waals surface area contributed by atoms with Crippen LogP contribution in [-0.2, 0) is 0 Å². The van der Waals surface area contributed by atoms with E-state index in [0.29, 0.717) is 23.2 Å².